The molecule has 0 bridgehead atoms. The molecule has 0 saturated carbocycles. The summed E-state index contributed by atoms with van der Waals surface area (Å²) in [6.07, 6.45) is 2.20. The summed E-state index contributed by atoms with van der Waals surface area (Å²) in [7, 11) is 0. The Hall–Kier alpha value is -3.48. The zero-order valence-electron chi connectivity index (χ0n) is 17.3. The first-order valence-electron chi connectivity index (χ1n) is 9.90. The van der Waals surface area contributed by atoms with Crippen molar-refractivity contribution in [2.75, 3.05) is 6.61 Å². The summed E-state index contributed by atoms with van der Waals surface area (Å²) in [5.74, 6) is -0.366. The molecule has 0 aliphatic rings. The monoisotopic (exact) mass is 407 g/mol. The Kier molecular flexibility index (Phi) is 6.95. The number of nitrogens with one attached hydrogen (secondary N) is 1. The summed E-state index contributed by atoms with van der Waals surface area (Å²) < 4.78 is 10.3. The van der Waals surface area contributed by atoms with Crippen LogP contribution in [0.25, 0.3) is 11.5 Å². The van der Waals surface area contributed by atoms with Gasteiger partial charge in [0.05, 0.1) is 11.6 Å². The summed E-state index contributed by atoms with van der Waals surface area (Å²) in [6, 6.07) is 14.6. The number of benzene rings is 2. The number of ether oxygens (including phenoxy) is 1. The van der Waals surface area contributed by atoms with Crippen molar-refractivity contribution in [1.82, 2.24) is 15.5 Å². The third-order valence-corrected chi connectivity index (χ3v) is 4.79. The van der Waals surface area contributed by atoms with Gasteiger partial charge in [0.1, 0.15) is 0 Å². The predicted octanol–water partition coefficient (Wildman–Crippen LogP) is 3.97. The molecule has 0 radical (unpaired) electrons. The molecule has 1 amide bonds. The fourth-order valence-electron chi connectivity index (χ4n) is 3.07. The summed E-state index contributed by atoms with van der Waals surface area (Å²) >= 11 is 0. The van der Waals surface area contributed by atoms with Gasteiger partial charge in [0.25, 0.3) is 5.91 Å². The minimum atomic E-state index is -0.573. The van der Waals surface area contributed by atoms with Crippen molar-refractivity contribution in [2.45, 2.75) is 33.2 Å². The third kappa shape index (κ3) is 5.31. The van der Waals surface area contributed by atoms with Gasteiger partial charge in [0.15, 0.2) is 6.61 Å². The smallest absolute Gasteiger partial charge is 0.338 e. The van der Waals surface area contributed by atoms with Gasteiger partial charge >= 0.3 is 5.97 Å². The highest BCUT2D eigenvalue weighted by molar-refractivity contribution is 5.91. The van der Waals surface area contributed by atoms with Crippen molar-refractivity contribution in [3.05, 3.63) is 71.6 Å². The van der Waals surface area contributed by atoms with Crippen LogP contribution in [0.2, 0.25) is 0 Å². The minimum Gasteiger partial charge on any atom is -0.452 e. The van der Waals surface area contributed by atoms with E-state index in [-0.39, 0.29) is 24.5 Å². The number of nitrogens with zero attached hydrogens (tertiary/aromatic N) is 2. The van der Waals surface area contributed by atoms with Gasteiger partial charge in [-0.25, -0.2) is 4.79 Å². The number of aromatic nitrogens is 2. The van der Waals surface area contributed by atoms with Crippen molar-refractivity contribution < 1.29 is 18.7 Å². The molecular formula is C23H25N3O4. The predicted molar refractivity (Wildman–Crippen MR) is 112 cm³/mol. The van der Waals surface area contributed by atoms with Crippen LogP contribution < -0.4 is 5.32 Å². The second-order valence-corrected chi connectivity index (χ2v) is 7.28. The van der Waals surface area contributed by atoms with Crippen LogP contribution >= 0.6 is 0 Å². The first-order chi connectivity index (χ1) is 14.5. The van der Waals surface area contributed by atoms with Gasteiger partial charge in [-0.1, -0.05) is 45.0 Å². The minimum absolute atomic E-state index is 0.157. The Bertz CT molecular complexity index is 965. The average molecular weight is 407 g/mol. The highest BCUT2D eigenvalue weighted by Gasteiger charge is 2.19. The number of hydrogen-bond acceptors (Lipinski definition) is 6. The van der Waals surface area contributed by atoms with E-state index < -0.39 is 5.97 Å². The van der Waals surface area contributed by atoms with E-state index in [2.05, 4.69) is 34.6 Å². The number of esters is 1. The molecule has 3 aromatic rings. The second kappa shape index (κ2) is 9.82. The second-order valence-electron chi connectivity index (χ2n) is 7.28. The first-order valence-corrected chi connectivity index (χ1v) is 9.90. The van der Waals surface area contributed by atoms with E-state index in [4.69, 9.17) is 9.15 Å². The van der Waals surface area contributed by atoms with Crippen molar-refractivity contribution >= 4 is 11.9 Å². The fourth-order valence-corrected chi connectivity index (χ4v) is 3.07. The number of amides is 1. The van der Waals surface area contributed by atoms with Crippen LogP contribution in [0.3, 0.4) is 0 Å². The maximum absolute atomic E-state index is 12.4. The Morgan fingerprint density at radius 3 is 2.33 bits per heavy atom. The molecule has 30 heavy (non-hydrogen) atoms. The Balaban J connectivity index is 1.56. The molecule has 2 aromatic carbocycles. The van der Waals surface area contributed by atoms with Crippen molar-refractivity contribution in [1.29, 1.82) is 0 Å². The van der Waals surface area contributed by atoms with Gasteiger partial charge in [-0.05, 0) is 47.7 Å². The van der Waals surface area contributed by atoms with E-state index in [0.29, 0.717) is 17.0 Å². The van der Waals surface area contributed by atoms with Crippen LogP contribution in [-0.2, 0) is 16.0 Å². The molecule has 0 spiro atoms. The zero-order chi connectivity index (χ0) is 21.5. The Morgan fingerprint density at radius 2 is 1.77 bits per heavy atom. The van der Waals surface area contributed by atoms with Gasteiger partial charge in [-0.15, -0.1) is 10.2 Å². The summed E-state index contributed by atoms with van der Waals surface area (Å²) in [4.78, 5) is 24.6. The van der Waals surface area contributed by atoms with E-state index in [1.165, 1.54) is 12.0 Å². The number of carbonyl (C=O) groups is 2. The Morgan fingerprint density at radius 1 is 1.07 bits per heavy atom. The topological polar surface area (TPSA) is 94.3 Å². The zero-order valence-corrected chi connectivity index (χ0v) is 17.3. The molecule has 156 valence electrons. The van der Waals surface area contributed by atoms with Crippen LogP contribution in [0.5, 0.6) is 0 Å². The molecule has 7 nitrogen and oxygen atoms in total. The van der Waals surface area contributed by atoms with E-state index in [0.717, 1.165) is 12.0 Å². The first kappa shape index (κ1) is 21.2. The molecular weight excluding hydrogens is 382 g/mol. The van der Waals surface area contributed by atoms with Crippen LogP contribution in [0.4, 0.5) is 0 Å². The van der Waals surface area contributed by atoms with Gasteiger partial charge in [-0.2, -0.15) is 0 Å². The maximum atomic E-state index is 12.4. The highest BCUT2D eigenvalue weighted by Crippen LogP contribution is 2.22. The van der Waals surface area contributed by atoms with Crippen LogP contribution in [-0.4, -0.2) is 28.7 Å². The van der Waals surface area contributed by atoms with Crippen LogP contribution in [0.1, 0.15) is 48.3 Å². The summed E-state index contributed by atoms with van der Waals surface area (Å²) in [6.45, 7) is 5.83. The molecule has 0 fully saturated rings. The molecule has 1 heterocycles. The standard InChI is InChI=1S/C23H25N3O4/c1-4-16-5-7-17(8-6-16)21(15(2)3)25-20(27)13-29-23(28)19-11-9-18(10-12-19)22-26-24-14-30-22/h5-12,14-15,21H,4,13H2,1-3H3,(H,25,27)/t21-/m1/s1. The number of aryl methyl sites for hydroxylation is 1. The maximum Gasteiger partial charge on any atom is 0.338 e. The largest absolute Gasteiger partial charge is 0.452 e. The normalized spacial score (nSPS) is 11.9. The molecule has 0 aliphatic carbocycles. The fraction of sp³-hybridized carbons (Fsp3) is 0.304. The van der Waals surface area contributed by atoms with Crippen LogP contribution in [0, 0.1) is 5.92 Å². The van der Waals surface area contributed by atoms with Crippen molar-refractivity contribution in [3.8, 4) is 11.5 Å². The van der Waals surface area contributed by atoms with Crippen molar-refractivity contribution in [3.63, 3.8) is 0 Å². The number of rotatable bonds is 8. The molecule has 1 atom stereocenters. The molecule has 0 aliphatic heterocycles. The van der Waals surface area contributed by atoms with E-state index >= 15 is 0 Å². The molecule has 7 heteroatoms. The average Bonchev–Trinajstić information content (AvgIpc) is 3.31. The number of hydrogen-bond donors (Lipinski definition) is 1. The molecule has 1 aromatic heterocycles. The summed E-state index contributed by atoms with van der Waals surface area (Å²) in [5.41, 5.74) is 3.29. The number of carbonyl (C=O) groups excluding carboxylic acids is 2. The van der Waals surface area contributed by atoms with E-state index in [1.54, 1.807) is 24.3 Å². The van der Waals surface area contributed by atoms with Gasteiger partial charge in [0.2, 0.25) is 12.3 Å². The lowest BCUT2D eigenvalue weighted by Crippen LogP contribution is -2.35. The van der Waals surface area contributed by atoms with Crippen molar-refractivity contribution in [2.24, 2.45) is 5.92 Å². The van der Waals surface area contributed by atoms with Gasteiger partial charge < -0.3 is 14.5 Å². The van der Waals surface area contributed by atoms with E-state index in [1.807, 2.05) is 26.0 Å². The lowest BCUT2D eigenvalue weighted by molar-refractivity contribution is -0.125. The lowest BCUT2D eigenvalue weighted by atomic mass is 9.95. The summed E-state index contributed by atoms with van der Waals surface area (Å²) in [5, 5.41) is 10.4. The van der Waals surface area contributed by atoms with Gasteiger partial charge in [0, 0.05) is 5.56 Å². The highest BCUT2D eigenvalue weighted by atomic mass is 16.5. The molecule has 3 rings (SSSR count). The quantitative estimate of drug-likeness (QED) is 0.568. The van der Waals surface area contributed by atoms with E-state index in [9.17, 15) is 9.59 Å². The molecule has 0 unspecified atom stereocenters. The SMILES string of the molecule is CCc1ccc([C@H](NC(=O)COC(=O)c2ccc(-c3nnco3)cc2)C(C)C)cc1. The third-order valence-electron chi connectivity index (χ3n) is 4.79. The van der Waals surface area contributed by atoms with Gasteiger partial charge in [-0.3, -0.25) is 4.79 Å². The lowest BCUT2D eigenvalue weighted by Gasteiger charge is -2.23. The molecule has 0 saturated heterocycles. The molecule has 1 N–H and O–H groups in total. The Labute approximate surface area is 175 Å². The van der Waals surface area contributed by atoms with Crippen LogP contribution in [0.15, 0.2) is 59.3 Å².